The number of imidazole rings is 1. The van der Waals surface area contributed by atoms with Crippen LogP contribution >= 0.6 is 11.8 Å². The lowest BCUT2D eigenvalue weighted by Gasteiger charge is -2.26. The Kier molecular flexibility index (Phi) is 3.39. The fraction of sp³-hybridized carbons (Fsp3) is 0.357. The van der Waals surface area contributed by atoms with Crippen LogP contribution < -0.4 is 5.32 Å². The van der Waals surface area contributed by atoms with Gasteiger partial charge >= 0.3 is 0 Å². The van der Waals surface area contributed by atoms with Gasteiger partial charge in [0, 0.05) is 30.7 Å². The minimum atomic E-state index is 0.470. The van der Waals surface area contributed by atoms with Crippen molar-refractivity contribution in [1.82, 2.24) is 14.9 Å². The highest BCUT2D eigenvalue weighted by atomic mass is 32.2. The third kappa shape index (κ3) is 2.31. The molecule has 0 saturated carbocycles. The molecule has 0 bridgehead atoms. The predicted octanol–water partition coefficient (Wildman–Crippen LogP) is 2.75. The smallest absolute Gasteiger partial charge is 0.0945 e. The van der Waals surface area contributed by atoms with E-state index in [-0.39, 0.29) is 0 Å². The zero-order chi connectivity index (χ0) is 12.4. The molecule has 4 heteroatoms. The van der Waals surface area contributed by atoms with Crippen molar-refractivity contribution >= 4 is 11.8 Å². The lowest BCUT2D eigenvalue weighted by atomic mass is 10.0. The first-order valence-electron chi connectivity index (χ1n) is 6.25. The minimum Gasteiger partial charge on any atom is -0.337 e. The predicted molar refractivity (Wildman–Crippen MR) is 74.6 cm³/mol. The van der Waals surface area contributed by atoms with Crippen molar-refractivity contribution < 1.29 is 0 Å². The van der Waals surface area contributed by atoms with E-state index in [0.717, 1.165) is 6.54 Å². The average molecular weight is 259 g/mol. The van der Waals surface area contributed by atoms with E-state index in [0.29, 0.717) is 6.04 Å². The van der Waals surface area contributed by atoms with Gasteiger partial charge in [-0.3, -0.25) is 0 Å². The average Bonchev–Trinajstić information content (AvgIpc) is 2.82. The van der Waals surface area contributed by atoms with Gasteiger partial charge in [0.1, 0.15) is 0 Å². The summed E-state index contributed by atoms with van der Waals surface area (Å²) in [6.45, 7) is 0.875. The molecule has 0 unspecified atom stereocenters. The van der Waals surface area contributed by atoms with Crippen molar-refractivity contribution in [3.63, 3.8) is 0 Å². The lowest BCUT2D eigenvalue weighted by Crippen LogP contribution is -2.25. The molecule has 0 aliphatic carbocycles. The van der Waals surface area contributed by atoms with Crippen molar-refractivity contribution in [2.75, 3.05) is 5.75 Å². The van der Waals surface area contributed by atoms with Gasteiger partial charge in [0.25, 0.3) is 0 Å². The first-order valence-corrected chi connectivity index (χ1v) is 7.23. The molecule has 18 heavy (non-hydrogen) atoms. The molecule has 94 valence electrons. The fourth-order valence-electron chi connectivity index (χ4n) is 2.34. The van der Waals surface area contributed by atoms with Crippen molar-refractivity contribution in [1.29, 1.82) is 0 Å². The van der Waals surface area contributed by atoms with E-state index in [4.69, 9.17) is 0 Å². The summed E-state index contributed by atoms with van der Waals surface area (Å²) in [6, 6.07) is 9.18. The number of rotatable bonds is 3. The summed E-state index contributed by atoms with van der Waals surface area (Å²) in [5.41, 5.74) is 2.67. The standard InChI is InChI=1S/C14H17N3S/c1-17-10-15-8-11(17)9-16-13-6-7-18-14-5-3-2-4-12(13)14/h2-5,8,10,13,16H,6-7,9H2,1H3/t13-/m0/s1. The molecule has 1 aliphatic heterocycles. The third-order valence-corrected chi connectivity index (χ3v) is 4.53. The van der Waals surface area contributed by atoms with Crippen LogP contribution in [0.3, 0.4) is 0 Å². The number of thioether (sulfide) groups is 1. The summed E-state index contributed by atoms with van der Waals surface area (Å²) >= 11 is 1.96. The van der Waals surface area contributed by atoms with Gasteiger partial charge in [-0.1, -0.05) is 18.2 Å². The van der Waals surface area contributed by atoms with Crippen LogP contribution in [-0.4, -0.2) is 15.3 Å². The zero-order valence-electron chi connectivity index (χ0n) is 10.5. The van der Waals surface area contributed by atoms with Gasteiger partial charge in [0.05, 0.1) is 12.0 Å². The number of nitrogens with zero attached hydrogens (tertiary/aromatic N) is 2. The van der Waals surface area contributed by atoms with Gasteiger partial charge in [-0.15, -0.1) is 11.8 Å². The van der Waals surface area contributed by atoms with Gasteiger partial charge in [0.15, 0.2) is 0 Å². The monoisotopic (exact) mass is 259 g/mol. The highest BCUT2D eigenvalue weighted by molar-refractivity contribution is 7.99. The Bertz CT molecular complexity index is 535. The topological polar surface area (TPSA) is 29.9 Å². The Hall–Kier alpha value is -1.26. The van der Waals surface area contributed by atoms with Gasteiger partial charge in [0.2, 0.25) is 0 Å². The molecule has 0 fully saturated rings. The number of hydrogen-bond acceptors (Lipinski definition) is 3. The second kappa shape index (κ2) is 5.16. The molecule has 3 rings (SSSR count). The lowest BCUT2D eigenvalue weighted by molar-refractivity contribution is 0.500. The SMILES string of the molecule is Cn1cncc1CN[C@H]1CCSc2ccccc21. The maximum Gasteiger partial charge on any atom is 0.0945 e. The van der Waals surface area contributed by atoms with Crippen molar-refractivity contribution in [3.05, 3.63) is 48.0 Å². The third-order valence-electron chi connectivity index (χ3n) is 3.40. The summed E-state index contributed by atoms with van der Waals surface area (Å²) in [6.07, 6.45) is 4.97. The van der Waals surface area contributed by atoms with Crippen LogP contribution in [-0.2, 0) is 13.6 Å². The highest BCUT2D eigenvalue weighted by Crippen LogP contribution is 2.35. The number of hydrogen-bond donors (Lipinski definition) is 1. The van der Waals surface area contributed by atoms with E-state index in [1.165, 1.54) is 28.3 Å². The number of benzene rings is 1. The number of aryl methyl sites for hydroxylation is 1. The van der Waals surface area contributed by atoms with Crippen LogP contribution in [0, 0.1) is 0 Å². The van der Waals surface area contributed by atoms with Gasteiger partial charge in [-0.05, 0) is 23.8 Å². The molecule has 0 saturated heterocycles. The summed E-state index contributed by atoms with van der Waals surface area (Å²) < 4.78 is 2.07. The van der Waals surface area contributed by atoms with E-state index in [1.807, 2.05) is 31.3 Å². The second-order valence-corrected chi connectivity index (χ2v) is 5.74. The molecule has 1 N–H and O–H groups in total. The van der Waals surface area contributed by atoms with Crippen LogP contribution in [0.4, 0.5) is 0 Å². The van der Waals surface area contributed by atoms with Crippen molar-refractivity contribution in [3.8, 4) is 0 Å². The Labute approximate surface area is 112 Å². The molecule has 0 spiro atoms. The molecule has 2 aromatic rings. The molecular formula is C14H17N3S. The molecule has 0 amide bonds. The maximum atomic E-state index is 4.15. The summed E-state index contributed by atoms with van der Waals surface area (Å²) in [4.78, 5) is 5.57. The largest absolute Gasteiger partial charge is 0.337 e. The molecular weight excluding hydrogens is 242 g/mol. The molecule has 1 atom stereocenters. The van der Waals surface area contributed by atoms with E-state index in [2.05, 4.69) is 39.1 Å². The number of fused-ring (bicyclic) bond motifs is 1. The van der Waals surface area contributed by atoms with Gasteiger partial charge < -0.3 is 9.88 Å². The van der Waals surface area contributed by atoms with E-state index >= 15 is 0 Å². The van der Waals surface area contributed by atoms with Crippen LogP contribution in [0.2, 0.25) is 0 Å². The summed E-state index contributed by atoms with van der Waals surface area (Å²) in [7, 11) is 2.04. The molecule has 1 aromatic heterocycles. The number of aromatic nitrogens is 2. The molecule has 1 aliphatic rings. The van der Waals surface area contributed by atoms with Gasteiger partial charge in [-0.25, -0.2) is 4.98 Å². The van der Waals surface area contributed by atoms with Crippen LogP contribution in [0.25, 0.3) is 0 Å². The van der Waals surface area contributed by atoms with Crippen molar-refractivity contribution in [2.24, 2.45) is 7.05 Å². The number of nitrogens with one attached hydrogen (secondary N) is 1. The second-order valence-electron chi connectivity index (χ2n) is 4.60. The van der Waals surface area contributed by atoms with E-state index in [1.54, 1.807) is 0 Å². The fourth-order valence-corrected chi connectivity index (χ4v) is 3.46. The molecule has 2 heterocycles. The van der Waals surface area contributed by atoms with Crippen LogP contribution in [0.1, 0.15) is 23.7 Å². The Morgan fingerprint density at radius 3 is 3.17 bits per heavy atom. The quantitative estimate of drug-likeness (QED) is 0.919. The van der Waals surface area contributed by atoms with E-state index < -0.39 is 0 Å². The van der Waals surface area contributed by atoms with Crippen LogP contribution in [0.15, 0.2) is 41.7 Å². The molecule has 3 nitrogen and oxygen atoms in total. The van der Waals surface area contributed by atoms with Gasteiger partial charge in [-0.2, -0.15) is 0 Å². The zero-order valence-corrected chi connectivity index (χ0v) is 11.3. The molecule has 0 radical (unpaired) electrons. The highest BCUT2D eigenvalue weighted by Gasteiger charge is 2.19. The summed E-state index contributed by atoms with van der Waals surface area (Å²) in [5.74, 6) is 1.19. The maximum absolute atomic E-state index is 4.15. The minimum absolute atomic E-state index is 0.470. The first kappa shape index (κ1) is 11.8. The van der Waals surface area contributed by atoms with E-state index in [9.17, 15) is 0 Å². The molecule has 1 aromatic carbocycles. The Balaban J connectivity index is 1.73. The Morgan fingerprint density at radius 1 is 1.44 bits per heavy atom. The normalized spacial score (nSPS) is 18.6. The van der Waals surface area contributed by atoms with Crippen LogP contribution in [0.5, 0.6) is 0 Å². The summed E-state index contributed by atoms with van der Waals surface area (Å²) in [5, 5.41) is 3.65. The van der Waals surface area contributed by atoms with Crippen molar-refractivity contribution in [2.45, 2.75) is 23.9 Å². The first-order chi connectivity index (χ1) is 8.84. The Morgan fingerprint density at radius 2 is 2.33 bits per heavy atom.